The van der Waals surface area contributed by atoms with E-state index >= 15 is 0 Å². The summed E-state index contributed by atoms with van der Waals surface area (Å²) in [6, 6.07) is 8.30. The average molecular weight is 184 g/mol. The molecule has 5 nitrogen and oxygen atoms in total. The van der Waals surface area contributed by atoms with E-state index < -0.39 is 12.1 Å². The van der Waals surface area contributed by atoms with Gasteiger partial charge in [-0.25, -0.2) is 9.59 Å². The molecule has 0 heterocycles. The Labute approximate surface area is 73.9 Å². The highest BCUT2D eigenvalue weighted by atomic mass is 16.6. The van der Waals surface area contributed by atoms with Gasteiger partial charge in [0, 0.05) is 0 Å². The van der Waals surface area contributed by atoms with Gasteiger partial charge in [-0.15, -0.1) is 0 Å². The SMILES string of the molecule is O=C(O)O.O=C(O)c1ccccc1. The summed E-state index contributed by atoms with van der Waals surface area (Å²) in [5, 5.41) is 22.3. The fourth-order valence-corrected chi connectivity index (χ4v) is 0.581. The molecule has 0 aliphatic rings. The first-order chi connectivity index (χ1) is 6.04. The van der Waals surface area contributed by atoms with Crippen molar-refractivity contribution in [3.8, 4) is 0 Å². The Hall–Kier alpha value is -2.04. The Kier molecular flexibility index (Phi) is 4.71. The van der Waals surface area contributed by atoms with Crippen molar-refractivity contribution in [2.75, 3.05) is 0 Å². The lowest BCUT2D eigenvalue weighted by Crippen LogP contribution is -1.93. The van der Waals surface area contributed by atoms with E-state index in [1.54, 1.807) is 30.3 Å². The first kappa shape index (κ1) is 11.0. The summed E-state index contributed by atoms with van der Waals surface area (Å²) < 4.78 is 0. The molecule has 0 amide bonds. The maximum Gasteiger partial charge on any atom is 0.503 e. The quantitative estimate of drug-likeness (QED) is 0.616. The molecule has 0 aromatic heterocycles. The predicted octanol–water partition coefficient (Wildman–Crippen LogP) is 1.61. The maximum atomic E-state index is 10.2. The standard InChI is InChI=1S/C7H6O2.CH2O3/c8-7(9)6-4-2-1-3-5-6;2-1(3)4/h1-5H,(H,8,9);(H2,2,3,4). The zero-order chi connectivity index (χ0) is 10.3. The van der Waals surface area contributed by atoms with Gasteiger partial charge >= 0.3 is 12.1 Å². The molecule has 0 bridgehead atoms. The molecule has 0 saturated carbocycles. The average Bonchev–Trinajstić information content (AvgIpc) is 2.05. The van der Waals surface area contributed by atoms with Crippen molar-refractivity contribution in [1.29, 1.82) is 0 Å². The molecule has 3 N–H and O–H groups in total. The minimum absolute atomic E-state index is 0.331. The number of carboxylic acids is 1. The van der Waals surface area contributed by atoms with E-state index in [4.69, 9.17) is 20.1 Å². The molecule has 5 heteroatoms. The van der Waals surface area contributed by atoms with E-state index in [9.17, 15) is 4.79 Å². The van der Waals surface area contributed by atoms with E-state index in [1.807, 2.05) is 0 Å². The van der Waals surface area contributed by atoms with Gasteiger partial charge in [0.05, 0.1) is 5.56 Å². The van der Waals surface area contributed by atoms with Gasteiger partial charge in [-0.3, -0.25) is 0 Å². The summed E-state index contributed by atoms with van der Waals surface area (Å²) >= 11 is 0. The summed E-state index contributed by atoms with van der Waals surface area (Å²) in [5.41, 5.74) is 0.331. The van der Waals surface area contributed by atoms with Crippen molar-refractivity contribution in [3.63, 3.8) is 0 Å². The van der Waals surface area contributed by atoms with Gasteiger partial charge < -0.3 is 15.3 Å². The number of carboxylic acid groups (broad SMARTS) is 3. The lowest BCUT2D eigenvalue weighted by molar-refractivity contribution is 0.0696. The molecule has 1 aromatic carbocycles. The molecule has 0 saturated heterocycles. The second-order valence-corrected chi connectivity index (χ2v) is 1.95. The molecular formula is C8H8O5. The fraction of sp³-hybridized carbons (Fsp3) is 0. The smallest absolute Gasteiger partial charge is 0.478 e. The normalized spacial score (nSPS) is 8.00. The third-order valence-corrected chi connectivity index (χ3v) is 1.02. The number of carbonyl (C=O) groups is 2. The predicted molar refractivity (Wildman–Crippen MR) is 44.1 cm³/mol. The third-order valence-electron chi connectivity index (χ3n) is 1.02. The Morgan fingerprint density at radius 3 is 1.54 bits per heavy atom. The van der Waals surface area contributed by atoms with Crippen molar-refractivity contribution < 1.29 is 24.9 Å². The van der Waals surface area contributed by atoms with Crippen LogP contribution in [0.3, 0.4) is 0 Å². The number of aromatic carboxylic acids is 1. The van der Waals surface area contributed by atoms with Crippen molar-refractivity contribution in [2.45, 2.75) is 0 Å². The molecule has 70 valence electrons. The van der Waals surface area contributed by atoms with Crippen molar-refractivity contribution in [2.24, 2.45) is 0 Å². The Morgan fingerprint density at radius 2 is 1.31 bits per heavy atom. The lowest BCUT2D eigenvalue weighted by Gasteiger charge is -1.88. The summed E-state index contributed by atoms with van der Waals surface area (Å²) in [7, 11) is 0. The zero-order valence-electron chi connectivity index (χ0n) is 6.54. The Bertz CT molecular complexity index is 276. The lowest BCUT2D eigenvalue weighted by atomic mass is 10.2. The molecule has 1 aromatic rings. The summed E-state index contributed by atoms with van der Waals surface area (Å²) in [6.45, 7) is 0. The van der Waals surface area contributed by atoms with Crippen molar-refractivity contribution in [3.05, 3.63) is 35.9 Å². The zero-order valence-corrected chi connectivity index (χ0v) is 6.54. The van der Waals surface area contributed by atoms with Gasteiger partial charge in [0.25, 0.3) is 0 Å². The van der Waals surface area contributed by atoms with Crippen molar-refractivity contribution in [1.82, 2.24) is 0 Å². The minimum atomic E-state index is -1.83. The van der Waals surface area contributed by atoms with E-state index in [1.165, 1.54) is 0 Å². The molecule has 0 unspecified atom stereocenters. The number of rotatable bonds is 1. The highest BCUT2D eigenvalue weighted by Gasteiger charge is 1.96. The molecule has 0 spiro atoms. The van der Waals surface area contributed by atoms with Crippen LogP contribution < -0.4 is 0 Å². The van der Waals surface area contributed by atoms with Crippen LogP contribution in [0.5, 0.6) is 0 Å². The molecule has 0 fully saturated rings. The van der Waals surface area contributed by atoms with E-state index in [-0.39, 0.29) is 0 Å². The van der Waals surface area contributed by atoms with Gasteiger partial charge in [0.15, 0.2) is 0 Å². The largest absolute Gasteiger partial charge is 0.503 e. The van der Waals surface area contributed by atoms with Crippen LogP contribution in [0.2, 0.25) is 0 Å². The van der Waals surface area contributed by atoms with Crippen LogP contribution in [-0.2, 0) is 0 Å². The van der Waals surface area contributed by atoms with Crippen LogP contribution in [-0.4, -0.2) is 27.4 Å². The number of benzene rings is 1. The molecule has 13 heavy (non-hydrogen) atoms. The molecule has 1 rings (SSSR count). The van der Waals surface area contributed by atoms with Gasteiger partial charge in [0.1, 0.15) is 0 Å². The summed E-state index contributed by atoms with van der Waals surface area (Å²) in [4.78, 5) is 18.8. The van der Waals surface area contributed by atoms with E-state index in [2.05, 4.69) is 0 Å². The van der Waals surface area contributed by atoms with Crippen LogP contribution in [0.25, 0.3) is 0 Å². The highest BCUT2D eigenvalue weighted by Crippen LogP contribution is 1.96. The molecular weight excluding hydrogens is 176 g/mol. The van der Waals surface area contributed by atoms with Gasteiger partial charge in [-0.1, -0.05) is 18.2 Å². The molecule has 0 aliphatic heterocycles. The summed E-state index contributed by atoms with van der Waals surface area (Å²) in [5.74, 6) is -0.879. The molecule has 0 radical (unpaired) electrons. The fourth-order valence-electron chi connectivity index (χ4n) is 0.581. The van der Waals surface area contributed by atoms with Gasteiger partial charge in [-0.2, -0.15) is 0 Å². The topological polar surface area (TPSA) is 94.8 Å². The maximum absolute atomic E-state index is 10.2. The Morgan fingerprint density at radius 1 is 0.923 bits per heavy atom. The third kappa shape index (κ3) is 6.36. The minimum Gasteiger partial charge on any atom is -0.478 e. The molecule has 0 atom stereocenters. The van der Waals surface area contributed by atoms with E-state index in [0.29, 0.717) is 5.56 Å². The van der Waals surface area contributed by atoms with Crippen LogP contribution in [0.15, 0.2) is 30.3 Å². The number of hydrogen-bond donors (Lipinski definition) is 3. The monoisotopic (exact) mass is 184 g/mol. The van der Waals surface area contributed by atoms with Crippen molar-refractivity contribution >= 4 is 12.1 Å². The number of hydrogen-bond acceptors (Lipinski definition) is 2. The van der Waals surface area contributed by atoms with Crippen LogP contribution in [0.4, 0.5) is 4.79 Å². The second-order valence-electron chi connectivity index (χ2n) is 1.95. The van der Waals surface area contributed by atoms with E-state index in [0.717, 1.165) is 0 Å². The van der Waals surface area contributed by atoms with Crippen LogP contribution in [0.1, 0.15) is 10.4 Å². The first-order valence-corrected chi connectivity index (χ1v) is 3.24. The first-order valence-electron chi connectivity index (χ1n) is 3.24. The molecule has 0 aliphatic carbocycles. The summed E-state index contributed by atoms with van der Waals surface area (Å²) in [6.07, 6.45) is -1.83. The second kappa shape index (κ2) is 5.59. The van der Waals surface area contributed by atoms with Gasteiger partial charge in [-0.05, 0) is 12.1 Å². The Balaban J connectivity index is 0.000000310. The van der Waals surface area contributed by atoms with Gasteiger partial charge in [0.2, 0.25) is 0 Å². The highest BCUT2D eigenvalue weighted by molar-refractivity contribution is 5.87. The van der Waals surface area contributed by atoms with Crippen LogP contribution in [0, 0.1) is 0 Å². The van der Waals surface area contributed by atoms with Crippen LogP contribution >= 0.6 is 0 Å².